The summed E-state index contributed by atoms with van der Waals surface area (Å²) in [4.78, 5) is 17.6. The first-order valence-electron chi connectivity index (χ1n) is 12.2. The molecule has 0 saturated heterocycles. The van der Waals surface area contributed by atoms with Crippen LogP contribution in [0.4, 0.5) is 0 Å². The third-order valence-corrected chi connectivity index (χ3v) is 5.93. The van der Waals surface area contributed by atoms with Gasteiger partial charge in [-0.3, -0.25) is 9.69 Å². The zero-order valence-electron chi connectivity index (χ0n) is 20.4. The van der Waals surface area contributed by atoms with Crippen molar-refractivity contribution in [3.63, 3.8) is 0 Å². The van der Waals surface area contributed by atoms with E-state index in [1.54, 1.807) is 0 Å². The molecule has 0 fully saturated rings. The summed E-state index contributed by atoms with van der Waals surface area (Å²) >= 11 is 0. The largest absolute Gasteiger partial charge is 0.464 e. The molecule has 0 aliphatic heterocycles. The topological polar surface area (TPSA) is 60.5 Å². The van der Waals surface area contributed by atoms with Crippen LogP contribution in [0.15, 0.2) is 71.1 Å². The monoisotopic (exact) mass is 457 g/mol. The maximum absolute atomic E-state index is 13.5. The number of hydrogen-bond donors (Lipinski definition) is 0. The Kier molecular flexibility index (Phi) is 9.94. The minimum atomic E-state index is 0.107. The van der Waals surface area contributed by atoms with Gasteiger partial charge >= 0.3 is 0 Å². The van der Waals surface area contributed by atoms with Gasteiger partial charge < -0.3 is 9.32 Å². The lowest BCUT2D eigenvalue weighted by Gasteiger charge is -2.27. The molecule has 3 aromatic rings. The van der Waals surface area contributed by atoms with Crippen LogP contribution in [0, 0.1) is 18.3 Å². The fourth-order valence-electron chi connectivity index (χ4n) is 3.99. The molecule has 0 spiro atoms. The first-order chi connectivity index (χ1) is 16.6. The summed E-state index contributed by atoms with van der Waals surface area (Å²) in [5, 5.41) is 9.07. The van der Waals surface area contributed by atoms with Crippen molar-refractivity contribution in [1.29, 1.82) is 5.26 Å². The lowest BCUT2D eigenvalue weighted by molar-refractivity contribution is -0.133. The molecule has 34 heavy (non-hydrogen) atoms. The Morgan fingerprint density at radius 1 is 0.912 bits per heavy atom. The summed E-state index contributed by atoms with van der Waals surface area (Å²) in [6.07, 6.45) is 4.14. The van der Waals surface area contributed by atoms with Crippen LogP contribution in [0.25, 0.3) is 0 Å². The van der Waals surface area contributed by atoms with Crippen molar-refractivity contribution < 1.29 is 9.21 Å². The predicted octanol–water partition coefficient (Wildman–Crippen LogP) is 5.72. The number of benzene rings is 2. The number of amides is 1. The zero-order valence-corrected chi connectivity index (χ0v) is 20.4. The molecule has 3 rings (SSSR count). The molecule has 0 saturated carbocycles. The number of unbranched alkanes of at least 4 members (excludes halogenated alkanes) is 2. The molecule has 5 heteroatoms. The summed E-state index contributed by atoms with van der Waals surface area (Å²) in [5.74, 6) is 1.77. The Morgan fingerprint density at radius 2 is 1.68 bits per heavy atom. The van der Waals surface area contributed by atoms with Crippen LogP contribution in [-0.2, 0) is 24.3 Å². The zero-order chi connectivity index (χ0) is 24.2. The molecule has 0 N–H and O–H groups in total. The highest BCUT2D eigenvalue weighted by atomic mass is 16.3. The number of rotatable bonds is 13. The van der Waals surface area contributed by atoms with Crippen molar-refractivity contribution in [1.82, 2.24) is 9.80 Å². The van der Waals surface area contributed by atoms with E-state index in [9.17, 15) is 4.79 Å². The smallest absolute Gasteiger partial charge is 0.237 e. The van der Waals surface area contributed by atoms with Crippen LogP contribution >= 0.6 is 0 Å². The van der Waals surface area contributed by atoms with Gasteiger partial charge in [0.2, 0.25) is 5.91 Å². The Labute approximate surface area is 203 Å². The molecule has 1 amide bonds. The van der Waals surface area contributed by atoms with Gasteiger partial charge in [0.05, 0.1) is 24.7 Å². The SMILES string of the molecule is CCCCCN(CC(=O)N(CCc1ccccc1)Cc1ccc(C)o1)Cc1ccc(C#N)cc1. The fourth-order valence-corrected chi connectivity index (χ4v) is 3.99. The van der Waals surface area contributed by atoms with Crippen LogP contribution in [0.3, 0.4) is 0 Å². The number of aryl methyl sites for hydroxylation is 1. The van der Waals surface area contributed by atoms with Gasteiger partial charge in [-0.1, -0.05) is 62.2 Å². The highest BCUT2D eigenvalue weighted by Gasteiger charge is 2.19. The third-order valence-electron chi connectivity index (χ3n) is 5.93. The van der Waals surface area contributed by atoms with Crippen molar-refractivity contribution in [2.24, 2.45) is 0 Å². The maximum Gasteiger partial charge on any atom is 0.237 e. The van der Waals surface area contributed by atoms with Crippen LogP contribution in [-0.4, -0.2) is 35.3 Å². The van der Waals surface area contributed by atoms with E-state index in [1.807, 2.05) is 66.4 Å². The molecule has 0 aliphatic rings. The van der Waals surface area contributed by atoms with Gasteiger partial charge in [-0.25, -0.2) is 0 Å². The molecule has 1 aromatic heterocycles. The molecule has 0 aliphatic carbocycles. The summed E-state index contributed by atoms with van der Waals surface area (Å²) in [6.45, 7) is 7.14. The number of hydrogen-bond acceptors (Lipinski definition) is 4. The normalized spacial score (nSPS) is 10.9. The van der Waals surface area contributed by atoms with E-state index in [4.69, 9.17) is 9.68 Å². The number of carbonyl (C=O) groups is 1. The number of carbonyl (C=O) groups excluding carboxylic acids is 1. The highest BCUT2D eigenvalue weighted by molar-refractivity contribution is 5.78. The number of furan rings is 1. The van der Waals surface area contributed by atoms with Crippen molar-refractivity contribution in [3.05, 3.63) is 94.9 Å². The van der Waals surface area contributed by atoms with Gasteiger partial charge in [0.25, 0.3) is 0 Å². The van der Waals surface area contributed by atoms with Gasteiger partial charge in [0, 0.05) is 13.1 Å². The maximum atomic E-state index is 13.5. The second-order valence-electron chi connectivity index (χ2n) is 8.79. The Bertz CT molecular complexity index is 1050. The summed E-state index contributed by atoms with van der Waals surface area (Å²) < 4.78 is 5.78. The summed E-state index contributed by atoms with van der Waals surface area (Å²) in [6, 6.07) is 24.0. The van der Waals surface area contributed by atoms with Gasteiger partial charge in [0.1, 0.15) is 11.5 Å². The lowest BCUT2D eigenvalue weighted by atomic mass is 10.1. The third kappa shape index (κ3) is 8.20. The fraction of sp³-hybridized carbons (Fsp3) is 0.379. The van der Waals surface area contributed by atoms with E-state index >= 15 is 0 Å². The van der Waals surface area contributed by atoms with E-state index in [-0.39, 0.29) is 5.91 Å². The van der Waals surface area contributed by atoms with Crippen LogP contribution < -0.4 is 0 Å². The van der Waals surface area contributed by atoms with Gasteiger partial charge in [-0.2, -0.15) is 5.26 Å². The molecule has 0 radical (unpaired) electrons. The van der Waals surface area contributed by atoms with E-state index in [2.05, 4.69) is 30.0 Å². The molecular weight excluding hydrogens is 422 g/mol. The molecule has 5 nitrogen and oxygen atoms in total. The van der Waals surface area contributed by atoms with Crippen LogP contribution in [0.1, 0.15) is 54.4 Å². The van der Waals surface area contributed by atoms with Crippen molar-refractivity contribution in [2.45, 2.75) is 52.6 Å². The lowest BCUT2D eigenvalue weighted by Crippen LogP contribution is -2.41. The molecular formula is C29H35N3O2. The van der Waals surface area contributed by atoms with E-state index in [1.165, 1.54) is 5.56 Å². The van der Waals surface area contributed by atoms with Crippen molar-refractivity contribution in [2.75, 3.05) is 19.6 Å². The average Bonchev–Trinajstić information content (AvgIpc) is 3.27. The Balaban J connectivity index is 1.70. The van der Waals surface area contributed by atoms with Crippen molar-refractivity contribution in [3.8, 4) is 6.07 Å². The van der Waals surface area contributed by atoms with E-state index in [0.29, 0.717) is 31.7 Å². The van der Waals surface area contributed by atoms with Crippen LogP contribution in [0.5, 0.6) is 0 Å². The number of nitrogens with zero attached hydrogens (tertiary/aromatic N) is 3. The number of nitriles is 1. The van der Waals surface area contributed by atoms with Gasteiger partial charge in [-0.05, 0) is 61.7 Å². The molecule has 178 valence electrons. The van der Waals surface area contributed by atoms with Crippen LogP contribution in [0.2, 0.25) is 0 Å². The first kappa shape index (κ1) is 25.3. The summed E-state index contributed by atoms with van der Waals surface area (Å²) in [5.41, 5.74) is 2.98. The molecule has 2 aromatic carbocycles. The second kappa shape index (κ2) is 13.4. The molecule has 0 unspecified atom stereocenters. The molecule has 0 bridgehead atoms. The second-order valence-corrected chi connectivity index (χ2v) is 8.79. The summed E-state index contributed by atoms with van der Waals surface area (Å²) in [7, 11) is 0. The van der Waals surface area contributed by atoms with Crippen molar-refractivity contribution >= 4 is 5.91 Å². The predicted molar refractivity (Wildman–Crippen MR) is 135 cm³/mol. The van der Waals surface area contributed by atoms with Gasteiger partial charge in [0.15, 0.2) is 0 Å². The minimum Gasteiger partial charge on any atom is -0.464 e. The molecule has 1 heterocycles. The van der Waals surface area contributed by atoms with E-state index < -0.39 is 0 Å². The average molecular weight is 458 g/mol. The standard InChI is InChI=1S/C29H35N3O2/c1-3-4-8-18-31(21-27-14-12-26(20-30)13-15-27)23-29(33)32(22-28-16-11-24(2)34-28)19-17-25-9-6-5-7-10-25/h5-7,9-16H,3-4,8,17-19,21-23H2,1-2H3. The Morgan fingerprint density at radius 3 is 2.32 bits per heavy atom. The highest BCUT2D eigenvalue weighted by Crippen LogP contribution is 2.14. The van der Waals surface area contributed by atoms with E-state index in [0.717, 1.165) is 49.3 Å². The quantitative estimate of drug-likeness (QED) is 0.308. The van der Waals surface area contributed by atoms with Gasteiger partial charge in [-0.15, -0.1) is 0 Å². The Hall–Kier alpha value is -3.36. The first-order valence-corrected chi connectivity index (χ1v) is 12.2. The minimum absolute atomic E-state index is 0.107. The molecule has 0 atom stereocenters.